The van der Waals surface area contributed by atoms with Crippen LogP contribution in [0.25, 0.3) is 0 Å². The molecule has 0 saturated carbocycles. The van der Waals surface area contributed by atoms with Crippen molar-refractivity contribution < 1.29 is 14.3 Å². The van der Waals surface area contributed by atoms with Crippen molar-refractivity contribution in [3.63, 3.8) is 0 Å². The Bertz CT molecular complexity index is 498. The van der Waals surface area contributed by atoms with Crippen LogP contribution >= 0.6 is 0 Å². The van der Waals surface area contributed by atoms with E-state index in [-0.39, 0.29) is 18.6 Å². The highest BCUT2D eigenvalue weighted by atomic mass is 16.5. The average molecular weight is 261 g/mol. The van der Waals surface area contributed by atoms with E-state index in [2.05, 4.69) is 17.4 Å². The quantitative estimate of drug-likeness (QED) is 0.898. The number of ether oxygens (including phenoxy) is 2. The zero-order valence-corrected chi connectivity index (χ0v) is 11.2. The Kier molecular flexibility index (Phi) is 3.42. The first-order valence-corrected chi connectivity index (χ1v) is 6.95. The predicted octanol–water partition coefficient (Wildman–Crippen LogP) is 1.76. The van der Waals surface area contributed by atoms with Crippen LogP contribution in [-0.2, 0) is 22.4 Å². The van der Waals surface area contributed by atoms with Gasteiger partial charge in [0, 0.05) is 18.5 Å². The van der Waals surface area contributed by atoms with Crippen LogP contribution in [0.1, 0.15) is 36.1 Å². The van der Waals surface area contributed by atoms with Crippen molar-refractivity contribution in [2.45, 2.75) is 32.3 Å². The molecule has 1 heterocycles. The molecule has 0 spiro atoms. The number of amides is 1. The van der Waals surface area contributed by atoms with Crippen LogP contribution in [0.15, 0.2) is 12.1 Å². The molecule has 1 atom stereocenters. The highest BCUT2D eigenvalue weighted by Crippen LogP contribution is 2.42. The zero-order valence-electron chi connectivity index (χ0n) is 11.2. The maximum atomic E-state index is 11.5. The minimum atomic E-state index is -0.0419. The summed E-state index contributed by atoms with van der Waals surface area (Å²) in [6.45, 7) is 3.46. The molecule has 1 amide bonds. The largest absolute Gasteiger partial charge is 0.493 e. The molecule has 2 aliphatic rings. The summed E-state index contributed by atoms with van der Waals surface area (Å²) in [5.74, 6) is 0.951. The normalized spacial score (nSPS) is 19.7. The molecular weight excluding hydrogens is 242 g/mol. The highest BCUT2D eigenvalue weighted by molar-refractivity contribution is 5.77. The molecule has 102 valence electrons. The molecule has 1 aromatic rings. The van der Waals surface area contributed by atoms with E-state index in [0.29, 0.717) is 6.54 Å². The molecule has 4 heteroatoms. The molecule has 1 aliphatic carbocycles. The van der Waals surface area contributed by atoms with Crippen LogP contribution in [0, 0.1) is 0 Å². The van der Waals surface area contributed by atoms with Gasteiger partial charge in [0.15, 0.2) is 0 Å². The summed E-state index contributed by atoms with van der Waals surface area (Å²) in [6, 6.07) is 4.20. The lowest BCUT2D eigenvalue weighted by Gasteiger charge is -2.15. The van der Waals surface area contributed by atoms with Gasteiger partial charge in [-0.15, -0.1) is 0 Å². The molecule has 19 heavy (non-hydrogen) atoms. The second-order valence-electron chi connectivity index (χ2n) is 5.01. The molecule has 3 rings (SSSR count). The van der Waals surface area contributed by atoms with Crippen molar-refractivity contribution in [3.05, 3.63) is 28.8 Å². The van der Waals surface area contributed by atoms with Gasteiger partial charge >= 0.3 is 0 Å². The summed E-state index contributed by atoms with van der Waals surface area (Å²) < 4.78 is 11.4. The Balaban J connectivity index is 1.75. The predicted molar refractivity (Wildman–Crippen MR) is 71.3 cm³/mol. The fourth-order valence-electron chi connectivity index (χ4n) is 2.99. The minimum Gasteiger partial charge on any atom is -0.493 e. The topological polar surface area (TPSA) is 47.6 Å². The van der Waals surface area contributed by atoms with E-state index in [0.717, 1.165) is 31.6 Å². The fraction of sp³-hybridized carbons (Fsp3) is 0.533. The number of hydrogen-bond acceptors (Lipinski definition) is 3. The van der Waals surface area contributed by atoms with Gasteiger partial charge in [0.25, 0.3) is 0 Å². The molecule has 1 aliphatic heterocycles. The van der Waals surface area contributed by atoms with Gasteiger partial charge in [-0.3, -0.25) is 4.79 Å². The van der Waals surface area contributed by atoms with Gasteiger partial charge in [0.05, 0.1) is 12.7 Å². The maximum Gasteiger partial charge on any atom is 0.246 e. The number of aryl methyl sites for hydroxylation is 1. The second-order valence-corrected chi connectivity index (χ2v) is 5.01. The number of rotatable bonds is 4. The van der Waals surface area contributed by atoms with E-state index >= 15 is 0 Å². The van der Waals surface area contributed by atoms with E-state index in [9.17, 15) is 4.79 Å². The summed E-state index contributed by atoms with van der Waals surface area (Å²) >= 11 is 0. The van der Waals surface area contributed by atoms with Crippen LogP contribution in [0.4, 0.5) is 0 Å². The van der Waals surface area contributed by atoms with E-state index in [1.165, 1.54) is 16.7 Å². The second kappa shape index (κ2) is 5.21. The van der Waals surface area contributed by atoms with Crippen LogP contribution in [0.2, 0.25) is 0 Å². The van der Waals surface area contributed by atoms with Crippen molar-refractivity contribution in [2.75, 3.05) is 19.8 Å². The molecule has 0 radical (unpaired) electrons. The van der Waals surface area contributed by atoms with Gasteiger partial charge < -0.3 is 14.8 Å². The summed E-state index contributed by atoms with van der Waals surface area (Å²) in [4.78, 5) is 11.5. The summed E-state index contributed by atoms with van der Waals surface area (Å²) in [6.07, 6.45) is 3.00. The van der Waals surface area contributed by atoms with E-state index in [1.54, 1.807) is 0 Å². The first-order chi connectivity index (χ1) is 9.29. The molecule has 0 bridgehead atoms. The van der Waals surface area contributed by atoms with Gasteiger partial charge in [-0.25, -0.2) is 0 Å². The lowest BCUT2D eigenvalue weighted by Crippen LogP contribution is -2.27. The number of carbonyl (C=O) groups excluding carboxylic acids is 1. The third-order valence-electron chi connectivity index (χ3n) is 3.80. The van der Waals surface area contributed by atoms with Crippen LogP contribution in [0.5, 0.6) is 5.75 Å². The molecule has 1 aromatic carbocycles. The first kappa shape index (κ1) is 12.5. The lowest BCUT2D eigenvalue weighted by atomic mass is 10.00. The van der Waals surface area contributed by atoms with E-state index in [1.807, 2.05) is 6.92 Å². The van der Waals surface area contributed by atoms with Gasteiger partial charge in [-0.05, 0) is 37.0 Å². The Hall–Kier alpha value is -1.55. The third-order valence-corrected chi connectivity index (χ3v) is 3.80. The maximum absolute atomic E-state index is 11.5. The van der Waals surface area contributed by atoms with Crippen LogP contribution < -0.4 is 10.1 Å². The van der Waals surface area contributed by atoms with Crippen molar-refractivity contribution in [1.82, 2.24) is 5.32 Å². The molecule has 0 fully saturated rings. The Morgan fingerprint density at radius 2 is 2.37 bits per heavy atom. The summed E-state index contributed by atoms with van der Waals surface area (Å²) in [7, 11) is 0. The number of hydrogen-bond donors (Lipinski definition) is 1. The fourth-order valence-corrected chi connectivity index (χ4v) is 2.99. The first-order valence-electron chi connectivity index (χ1n) is 6.95. The van der Waals surface area contributed by atoms with Gasteiger partial charge in [0.1, 0.15) is 12.4 Å². The molecule has 0 aromatic heterocycles. The smallest absolute Gasteiger partial charge is 0.246 e. The molecular formula is C15H19NO3. The van der Waals surface area contributed by atoms with E-state index < -0.39 is 0 Å². The number of likely N-dealkylation sites (N-methyl/N-ethyl adjacent to an activating group) is 1. The highest BCUT2D eigenvalue weighted by Gasteiger charge is 2.30. The molecule has 0 saturated heterocycles. The Morgan fingerprint density at radius 1 is 1.47 bits per heavy atom. The number of carbonyl (C=O) groups is 1. The van der Waals surface area contributed by atoms with Crippen molar-refractivity contribution >= 4 is 5.91 Å². The summed E-state index contributed by atoms with van der Waals surface area (Å²) in [5, 5.41) is 2.76. The van der Waals surface area contributed by atoms with Gasteiger partial charge in [-0.2, -0.15) is 0 Å². The Morgan fingerprint density at radius 3 is 3.21 bits per heavy atom. The van der Waals surface area contributed by atoms with E-state index in [4.69, 9.17) is 9.47 Å². The number of benzene rings is 1. The standard InChI is InChI=1S/C15H19NO3/c1-2-16-14(17)9-19-13-6-4-10-3-5-12-11(15(10)13)7-8-18-12/h3,5,13H,2,4,6-9H2,1H3,(H,16,17). The molecule has 4 nitrogen and oxygen atoms in total. The van der Waals surface area contributed by atoms with Crippen molar-refractivity contribution in [1.29, 1.82) is 0 Å². The zero-order chi connectivity index (χ0) is 13.2. The number of fused-ring (bicyclic) bond motifs is 3. The average Bonchev–Trinajstić information content (AvgIpc) is 3.02. The summed E-state index contributed by atoms with van der Waals surface area (Å²) in [5.41, 5.74) is 3.92. The van der Waals surface area contributed by atoms with Gasteiger partial charge in [0.2, 0.25) is 5.91 Å². The SMILES string of the molecule is CCNC(=O)COC1CCc2ccc3c(c21)CCO3. The molecule has 1 unspecified atom stereocenters. The van der Waals surface area contributed by atoms with Crippen LogP contribution in [-0.4, -0.2) is 25.7 Å². The molecule has 1 N–H and O–H groups in total. The van der Waals surface area contributed by atoms with Gasteiger partial charge in [-0.1, -0.05) is 6.07 Å². The lowest BCUT2D eigenvalue weighted by molar-refractivity contribution is -0.127. The monoisotopic (exact) mass is 261 g/mol. The Labute approximate surface area is 113 Å². The third kappa shape index (κ3) is 2.32. The van der Waals surface area contributed by atoms with Crippen molar-refractivity contribution in [2.24, 2.45) is 0 Å². The van der Waals surface area contributed by atoms with Crippen molar-refractivity contribution in [3.8, 4) is 5.75 Å². The number of nitrogens with one attached hydrogen (secondary N) is 1. The minimum absolute atomic E-state index is 0.0419. The van der Waals surface area contributed by atoms with Crippen LogP contribution in [0.3, 0.4) is 0 Å².